The van der Waals surface area contributed by atoms with Crippen molar-refractivity contribution in [2.45, 2.75) is 6.92 Å². The third-order valence-electron chi connectivity index (χ3n) is 2.21. The fraction of sp³-hybridized carbons (Fsp3) is 0.154. The van der Waals surface area contributed by atoms with Gasteiger partial charge in [0.2, 0.25) is 0 Å². The van der Waals surface area contributed by atoms with Crippen molar-refractivity contribution in [3.05, 3.63) is 47.9 Å². The third-order valence-corrected chi connectivity index (χ3v) is 2.21. The van der Waals surface area contributed by atoms with E-state index in [1.54, 1.807) is 19.6 Å². The molecule has 0 bridgehead atoms. The van der Waals surface area contributed by atoms with E-state index < -0.39 is 0 Å². The lowest BCUT2D eigenvalue weighted by atomic mass is 10.2. The molecule has 16 heavy (non-hydrogen) atoms. The summed E-state index contributed by atoms with van der Waals surface area (Å²) < 4.78 is 10.4. The molecule has 3 nitrogen and oxygen atoms in total. The van der Waals surface area contributed by atoms with Gasteiger partial charge < -0.3 is 9.15 Å². The first-order valence-electron chi connectivity index (χ1n) is 5.02. The Morgan fingerprint density at radius 3 is 2.81 bits per heavy atom. The highest BCUT2D eigenvalue weighted by Gasteiger charge is 2.00. The van der Waals surface area contributed by atoms with E-state index in [-0.39, 0.29) is 0 Å². The number of methoxy groups -OCH3 is 1. The second-order valence-corrected chi connectivity index (χ2v) is 3.45. The molecule has 0 spiro atoms. The van der Waals surface area contributed by atoms with Crippen LogP contribution in [0.25, 0.3) is 0 Å². The van der Waals surface area contributed by atoms with Crippen LogP contribution in [-0.2, 0) is 0 Å². The Kier molecular flexibility index (Phi) is 3.05. The molecular formula is C13H13NO2. The molecule has 0 fully saturated rings. The Hall–Kier alpha value is -2.03. The molecule has 1 aromatic carbocycles. The lowest BCUT2D eigenvalue weighted by Gasteiger charge is -2.04. The van der Waals surface area contributed by atoms with Gasteiger partial charge >= 0.3 is 0 Å². The van der Waals surface area contributed by atoms with Gasteiger partial charge in [-0.1, -0.05) is 6.07 Å². The molecule has 0 unspecified atom stereocenters. The second-order valence-electron chi connectivity index (χ2n) is 3.45. The molecule has 2 rings (SSSR count). The highest BCUT2D eigenvalue weighted by molar-refractivity contribution is 5.79. The van der Waals surface area contributed by atoms with E-state index in [1.807, 2.05) is 37.3 Å². The minimum Gasteiger partial charge on any atom is -0.494 e. The molecular weight excluding hydrogens is 202 g/mol. The number of benzene rings is 1. The maximum Gasteiger partial charge on any atom is 0.144 e. The molecule has 0 saturated heterocycles. The zero-order valence-corrected chi connectivity index (χ0v) is 9.31. The average molecular weight is 215 g/mol. The molecule has 3 heteroatoms. The Bertz CT molecular complexity index is 487. The summed E-state index contributed by atoms with van der Waals surface area (Å²) in [6.45, 7) is 2.02. The van der Waals surface area contributed by atoms with Crippen LogP contribution in [0.2, 0.25) is 0 Å². The minimum atomic E-state index is 0.725. The van der Waals surface area contributed by atoms with Gasteiger partial charge in [0.25, 0.3) is 0 Å². The molecule has 0 saturated carbocycles. The van der Waals surface area contributed by atoms with Crippen molar-refractivity contribution >= 4 is 11.9 Å². The SMILES string of the molecule is COc1cc(C)ccc1N=Cc1ccco1. The highest BCUT2D eigenvalue weighted by atomic mass is 16.5. The van der Waals surface area contributed by atoms with Crippen molar-refractivity contribution in [1.29, 1.82) is 0 Å². The predicted octanol–water partition coefficient (Wildman–Crippen LogP) is 3.35. The summed E-state index contributed by atoms with van der Waals surface area (Å²) in [5.41, 5.74) is 1.94. The summed E-state index contributed by atoms with van der Waals surface area (Å²) in [7, 11) is 1.64. The minimum absolute atomic E-state index is 0.725. The highest BCUT2D eigenvalue weighted by Crippen LogP contribution is 2.27. The van der Waals surface area contributed by atoms with Crippen molar-refractivity contribution < 1.29 is 9.15 Å². The number of aliphatic imine (C=N–C) groups is 1. The predicted molar refractivity (Wildman–Crippen MR) is 63.7 cm³/mol. The molecule has 0 aliphatic rings. The quantitative estimate of drug-likeness (QED) is 0.736. The van der Waals surface area contributed by atoms with Crippen molar-refractivity contribution in [3.63, 3.8) is 0 Å². The van der Waals surface area contributed by atoms with Crippen LogP contribution in [0.5, 0.6) is 5.75 Å². The number of nitrogens with zero attached hydrogens (tertiary/aromatic N) is 1. The molecule has 1 heterocycles. The number of hydrogen-bond donors (Lipinski definition) is 0. The van der Waals surface area contributed by atoms with Gasteiger partial charge in [-0.25, -0.2) is 4.99 Å². The molecule has 0 aliphatic heterocycles. The Balaban J connectivity index is 2.27. The summed E-state index contributed by atoms with van der Waals surface area (Å²) in [5.74, 6) is 1.49. The largest absolute Gasteiger partial charge is 0.494 e. The molecule has 2 aromatic rings. The Morgan fingerprint density at radius 2 is 2.19 bits per heavy atom. The van der Waals surface area contributed by atoms with Crippen molar-refractivity contribution in [2.75, 3.05) is 7.11 Å². The number of aryl methyl sites for hydroxylation is 1. The van der Waals surface area contributed by atoms with E-state index in [1.165, 1.54) is 0 Å². The Labute approximate surface area is 94.4 Å². The van der Waals surface area contributed by atoms with Crippen LogP contribution < -0.4 is 4.74 Å². The molecule has 1 aromatic heterocycles. The second kappa shape index (κ2) is 4.66. The number of furan rings is 1. The van der Waals surface area contributed by atoms with Crippen LogP contribution in [0.4, 0.5) is 5.69 Å². The van der Waals surface area contributed by atoms with Crippen LogP contribution in [0.3, 0.4) is 0 Å². The third kappa shape index (κ3) is 2.31. The van der Waals surface area contributed by atoms with E-state index in [2.05, 4.69) is 4.99 Å². The standard InChI is InChI=1S/C13H13NO2/c1-10-5-6-12(13(8-10)15-2)14-9-11-4-3-7-16-11/h3-9H,1-2H3. The number of hydrogen-bond acceptors (Lipinski definition) is 3. The van der Waals surface area contributed by atoms with E-state index in [0.29, 0.717) is 0 Å². The summed E-state index contributed by atoms with van der Waals surface area (Å²) in [6, 6.07) is 9.55. The monoisotopic (exact) mass is 215 g/mol. The van der Waals surface area contributed by atoms with Gasteiger partial charge in [0.15, 0.2) is 0 Å². The Morgan fingerprint density at radius 1 is 1.31 bits per heavy atom. The molecule has 0 amide bonds. The first-order valence-corrected chi connectivity index (χ1v) is 5.02. The summed E-state index contributed by atoms with van der Waals surface area (Å²) in [6.07, 6.45) is 3.29. The van der Waals surface area contributed by atoms with Gasteiger partial charge in [-0.2, -0.15) is 0 Å². The van der Waals surface area contributed by atoms with E-state index in [0.717, 1.165) is 22.8 Å². The van der Waals surface area contributed by atoms with Gasteiger partial charge in [0.05, 0.1) is 19.6 Å². The maximum atomic E-state index is 5.25. The van der Waals surface area contributed by atoms with Gasteiger partial charge in [-0.05, 0) is 36.8 Å². The van der Waals surface area contributed by atoms with Crippen molar-refractivity contribution in [1.82, 2.24) is 0 Å². The average Bonchev–Trinajstić information content (AvgIpc) is 2.80. The molecule has 0 aliphatic carbocycles. The van der Waals surface area contributed by atoms with Crippen LogP contribution >= 0.6 is 0 Å². The lowest BCUT2D eigenvalue weighted by molar-refractivity contribution is 0.416. The summed E-state index contributed by atoms with van der Waals surface area (Å²) >= 11 is 0. The summed E-state index contributed by atoms with van der Waals surface area (Å²) in [5, 5.41) is 0. The van der Waals surface area contributed by atoms with Gasteiger partial charge in [0.1, 0.15) is 17.2 Å². The van der Waals surface area contributed by atoms with E-state index in [9.17, 15) is 0 Å². The van der Waals surface area contributed by atoms with Crippen molar-refractivity contribution in [3.8, 4) is 5.75 Å². The van der Waals surface area contributed by atoms with E-state index in [4.69, 9.17) is 9.15 Å². The molecule has 0 radical (unpaired) electrons. The van der Waals surface area contributed by atoms with Crippen LogP contribution in [0, 0.1) is 6.92 Å². The van der Waals surface area contributed by atoms with Gasteiger partial charge in [-0.3, -0.25) is 0 Å². The normalized spacial score (nSPS) is 10.9. The fourth-order valence-corrected chi connectivity index (χ4v) is 1.39. The molecule has 82 valence electrons. The fourth-order valence-electron chi connectivity index (χ4n) is 1.39. The zero-order valence-electron chi connectivity index (χ0n) is 9.31. The first kappa shape index (κ1) is 10.5. The van der Waals surface area contributed by atoms with Crippen LogP contribution in [0.1, 0.15) is 11.3 Å². The van der Waals surface area contributed by atoms with Crippen LogP contribution in [0.15, 0.2) is 46.0 Å². The maximum absolute atomic E-state index is 5.25. The smallest absolute Gasteiger partial charge is 0.144 e. The molecule has 0 N–H and O–H groups in total. The topological polar surface area (TPSA) is 34.7 Å². The lowest BCUT2D eigenvalue weighted by Crippen LogP contribution is -1.85. The first-order chi connectivity index (χ1) is 7.79. The van der Waals surface area contributed by atoms with E-state index >= 15 is 0 Å². The number of rotatable bonds is 3. The zero-order chi connectivity index (χ0) is 11.4. The molecule has 0 atom stereocenters. The van der Waals surface area contributed by atoms with Gasteiger partial charge in [-0.15, -0.1) is 0 Å². The van der Waals surface area contributed by atoms with Crippen molar-refractivity contribution in [2.24, 2.45) is 4.99 Å². The number of ether oxygens (including phenoxy) is 1. The van der Waals surface area contributed by atoms with Gasteiger partial charge in [0, 0.05) is 0 Å². The summed E-state index contributed by atoms with van der Waals surface area (Å²) in [4.78, 5) is 4.32. The van der Waals surface area contributed by atoms with Crippen LogP contribution in [-0.4, -0.2) is 13.3 Å².